The van der Waals surface area contributed by atoms with Crippen LogP contribution in [0.3, 0.4) is 0 Å². The van der Waals surface area contributed by atoms with E-state index in [0.29, 0.717) is 5.69 Å². The molecule has 0 fully saturated rings. The first kappa shape index (κ1) is 13.2. The van der Waals surface area contributed by atoms with Gasteiger partial charge in [-0.25, -0.2) is 9.37 Å². The zero-order chi connectivity index (χ0) is 13.3. The summed E-state index contributed by atoms with van der Waals surface area (Å²) in [6, 6.07) is 2.97. The summed E-state index contributed by atoms with van der Waals surface area (Å²) >= 11 is 11.5. The Morgan fingerprint density at radius 1 is 1.33 bits per heavy atom. The third kappa shape index (κ3) is 2.60. The van der Waals surface area contributed by atoms with Crippen LogP contribution >= 0.6 is 23.2 Å². The van der Waals surface area contributed by atoms with Gasteiger partial charge in [-0.05, 0) is 19.1 Å². The first-order chi connectivity index (χ1) is 8.49. The van der Waals surface area contributed by atoms with Crippen LogP contribution in [0.25, 0.3) is 0 Å². The fourth-order valence-electron chi connectivity index (χ4n) is 1.75. The van der Waals surface area contributed by atoms with E-state index in [-0.39, 0.29) is 16.1 Å². The zero-order valence-corrected chi connectivity index (χ0v) is 11.4. The Balaban J connectivity index is 2.22. The first-order valence-corrected chi connectivity index (χ1v) is 6.13. The molecule has 1 atom stereocenters. The maximum atomic E-state index is 13.3. The molecule has 1 heterocycles. The quantitative estimate of drug-likeness (QED) is 0.864. The van der Waals surface area contributed by atoms with Crippen molar-refractivity contribution in [3.05, 3.63) is 46.2 Å². The molecule has 2 aromatic rings. The summed E-state index contributed by atoms with van der Waals surface area (Å²) in [4.78, 5) is 4.23. The van der Waals surface area contributed by atoms with Crippen molar-refractivity contribution in [2.75, 3.05) is 5.32 Å². The Bertz CT molecular complexity index is 545. The summed E-state index contributed by atoms with van der Waals surface area (Å²) in [5.41, 5.74) is 0.655. The van der Waals surface area contributed by atoms with Crippen LogP contribution in [0.15, 0.2) is 24.5 Å². The highest BCUT2D eigenvalue weighted by atomic mass is 35.5. The van der Waals surface area contributed by atoms with Crippen LogP contribution in [0.2, 0.25) is 10.0 Å². The van der Waals surface area contributed by atoms with Gasteiger partial charge in [0, 0.05) is 25.1 Å². The van der Waals surface area contributed by atoms with Gasteiger partial charge in [0.1, 0.15) is 5.82 Å². The van der Waals surface area contributed by atoms with E-state index in [9.17, 15) is 4.39 Å². The molecule has 1 unspecified atom stereocenters. The molecule has 3 nitrogen and oxygen atoms in total. The molecule has 6 heteroatoms. The van der Waals surface area contributed by atoms with E-state index in [4.69, 9.17) is 23.2 Å². The van der Waals surface area contributed by atoms with Gasteiger partial charge in [-0.3, -0.25) is 0 Å². The minimum absolute atomic E-state index is 0.00274. The molecule has 0 aliphatic rings. The monoisotopic (exact) mass is 287 g/mol. The van der Waals surface area contributed by atoms with Crippen molar-refractivity contribution in [1.29, 1.82) is 0 Å². The lowest BCUT2D eigenvalue weighted by molar-refractivity contribution is 0.628. The lowest BCUT2D eigenvalue weighted by Gasteiger charge is -2.15. The van der Waals surface area contributed by atoms with Gasteiger partial charge in [-0.1, -0.05) is 23.2 Å². The predicted molar refractivity (Wildman–Crippen MR) is 71.7 cm³/mol. The van der Waals surface area contributed by atoms with Gasteiger partial charge in [-0.15, -0.1) is 0 Å². The van der Waals surface area contributed by atoms with Crippen LogP contribution in [-0.2, 0) is 7.05 Å². The summed E-state index contributed by atoms with van der Waals surface area (Å²) in [7, 11) is 1.91. The topological polar surface area (TPSA) is 29.9 Å². The van der Waals surface area contributed by atoms with E-state index in [0.717, 1.165) is 5.82 Å². The molecule has 2 rings (SSSR count). The molecule has 0 saturated carbocycles. The molecule has 0 radical (unpaired) electrons. The number of halogens is 3. The van der Waals surface area contributed by atoms with Gasteiger partial charge >= 0.3 is 0 Å². The highest BCUT2D eigenvalue weighted by Gasteiger charge is 2.12. The molecule has 18 heavy (non-hydrogen) atoms. The number of benzene rings is 1. The number of anilines is 1. The van der Waals surface area contributed by atoms with E-state index >= 15 is 0 Å². The Morgan fingerprint density at radius 2 is 1.94 bits per heavy atom. The summed E-state index contributed by atoms with van der Waals surface area (Å²) < 4.78 is 15.2. The Labute approximate surface area is 115 Å². The summed E-state index contributed by atoms with van der Waals surface area (Å²) in [6.07, 6.45) is 3.58. The van der Waals surface area contributed by atoms with Gasteiger partial charge in [0.05, 0.1) is 16.1 Å². The second kappa shape index (κ2) is 5.16. The predicted octanol–water partition coefficient (Wildman–Crippen LogP) is 4.04. The number of hydrogen-bond donors (Lipinski definition) is 1. The van der Waals surface area contributed by atoms with E-state index in [1.54, 1.807) is 6.20 Å². The first-order valence-electron chi connectivity index (χ1n) is 5.37. The molecular weight excluding hydrogens is 276 g/mol. The fourth-order valence-corrected chi connectivity index (χ4v) is 2.23. The molecule has 0 aliphatic carbocycles. The second-order valence-electron chi connectivity index (χ2n) is 4.02. The van der Waals surface area contributed by atoms with Crippen molar-refractivity contribution >= 4 is 28.9 Å². The average Bonchev–Trinajstić information content (AvgIpc) is 2.72. The maximum absolute atomic E-state index is 13.3. The van der Waals surface area contributed by atoms with Crippen molar-refractivity contribution < 1.29 is 4.39 Å². The third-order valence-electron chi connectivity index (χ3n) is 2.61. The molecule has 1 aromatic carbocycles. The molecule has 0 amide bonds. The van der Waals surface area contributed by atoms with Crippen LogP contribution in [0, 0.1) is 5.82 Å². The number of nitrogens with one attached hydrogen (secondary N) is 1. The largest absolute Gasteiger partial charge is 0.375 e. The smallest absolute Gasteiger partial charge is 0.160 e. The Morgan fingerprint density at radius 3 is 2.44 bits per heavy atom. The SMILES string of the molecule is CC(Nc1cc(Cl)c(F)c(Cl)c1)c1nccn1C. The van der Waals surface area contributed by atoms with Gasteiger partial charge in [-0.2, -0.15) is 0 Å². The summed E-state index contributed by atoms with van der Waals surface area (Å²) in [5, 5.41) is 3.17. The van der Waals surface area contributed by atoms with Crippen molar-refractivity contribution in [3.8, 4) is 0 Å². The summed E-state index contributed by atoms with van der Waals surface area (Å²) in [5.74, 6) is 0.264. The van der Waals surface area contributed by atoms with Gasteiger partial charge in [0.25, 0.3) is 0 Å². The molecule has 0 saturated heterocycles. The highest BCUT2D eigenvalue weighted by molar-refractivity contribution is 6.35. The number of hydrogen-bond acceptors (Lipinski definition) is 2. The maximum Gasteiger partial charge on any atom is 0.160 e. The number of nitrogens with zero attached hydrogens (tertiary/aromatic N) is 2. The van der Waals surface area contributed by atoms with E-state index < -0.39 is 5.82 Å². The molecule has 96 valence electrons. The number of aryl methyl sites for hydroxylation is 1. The second-order valence-corrected chi connectivity index (χ2v) is 4.83. The third-order valence-corrected chi connectivity index (χ3v) is 3.16. The van der Waals surface area contributed by atoms with Crippen LogP contribution in [0.1, 0.15) is 18.8 Å². The number of imidazole rings is 1. The van der Waals surface area contributed by atoms with Crippen molar-refractivity contribution in [1.82, 2.24) is 9.55 Å². The van der Waals surface area contributed by atoms with Crippen LogP contribution in [-0.4, -0.2) is 9.55 Å². The zero-order valence-electron chi connectivity index (χ0n) is 9.92. The molecule has 1 aromatic heterocycles. The number of aromatic nitrogens is 2. The van der Waals surface area contributed by atoms with E-state index in [1.165, 1.54) is 12.1 Å². The molecular formula is C12H12Cl2FN3. The normalized spacial score (nSPS) is 12.5. The summed E-state index contributed by atoms with van der Waals surface area (Å²) in [6.45, 7) is 1.95. The van der Waals surface area contributed by atoms with Crippen molar-refractivity contribution in [2.24, 2.45) is 7.05 Å². The van der Waals surface area contributed by atoms with Crippen molar-refractivity contribution in [3.63, 3.8) is 0 Å². The standard InChI is InChI=1S/C12H12Cl2FN3/c1-7(12-16-3-4-18(12)2)17-8-5-9(13)11(15)10(14)6-8/h3-7,17H,1-2H3. The van der Waals surface area contributed by atoms with Gasteiger partial charge in [0.15, 0.2) is 5.82 Å². The van der Waals surface area contributed by atoms with E-state index in [1.807, 2.05) is 24.7 Å². The van der Waals surface area contributed by atoms with E-state index in [2.05, 4.69) is 10.3 Å². The highest BCUT2D eigenvalue weighted by Crippen LogP contribution is 2.29. The van der Waals surface area contributed by atoms with Crippen LogP contribution < -0.4 is 5.32 Å². The van der Waals surface area contributed by atoms with Crippen LogP contribution in [0.4, 0.5) is 10.1 Å². The average molecular weight is 288 g/mol. The van der Waals surface area contributed by atoms with Crippen LogP contribution in [0.5, 0.6) is 0 Å². The van der Waals surface area contributed by atoms with Gasteiger partial charge in [0.2, 0.25) is 0 Å². The lowest BCUT2D eigenvalue weighted by Crippen LogP contribution is -2.11. The Kier molecular flexibility index (Phi) is 3.78. The molecule has 0 bridgehead atoms. The molecule has 1 N–H and O–H groups in total. The lowest BCUT2D eigenvalue weighted by atomic mass is 10.2. The van der Waals surface area contributed by atoms with Gasteiger partial charge < -0.3 is 9.88 Å². The number of rotatable bonds is 3. The fraction of sp³-hybridized carbons (Fsp3) is 0.250. The minimum Gasteiger partial charge on any atom is -0.375 e. The molecule has 0 aliphatic heterocycles. The minimum atomic E-state index is -0.603. The molecule has 0 spiro atoms. The van der Waals surface area contributed by atoms with Crippen molar-refractivity contribution in [2.45, 2.75) is 13.0 Å². The Hall–Kier alpha value is -1.26.